The Morgan fingerprint density at radius 1 is 1.07 bits per heavy atom. The molecule has 3 aromatic rings. The first-order valence-electron chi connectivity index (χ1n) is 20.7. The molecule has 6 aliphatic rings. The van der Waals surface area contributed by atoms with Crippen molar-refractivity contribution < 1.29 is 34.4 Å². The minimum absolute atomic E-state index is 0.110. The molecule has 15 heteroatoms. The molecule has 1 amide bonds. The summed E-state index contributed by atoms with van der Waals surface area (Å²) in [6, 6.07) is 10.6. The molecule has 10 atom stereocenters. The van der Waals surface area contributed by atoms with Crippen LogP contribution in [0.5, 0.6) is 5.75 Å². The van der Waals surface area contributed by atoms with E-state index >= 15 is 4.79 Å². The number of hydrogen-bond donors (Lipinski definition) is 4. The van der Waals surface area contributed by atoms with E-state index in [-0.39, 0.29) is 12.0 Å². The van der Waals surface area contributed by atoms with Gasteiger partial charge in [-0.2, -0.15) is 0 Å². The molecule has 1 aromatic heterocycles. The summed E-state index contributed by atoms with van der Waals surface area (Å²) >= 11 is 4.64. The van der Waals surface area contributed by atoms with Gasteiger partial charge in [-0.15, -0.1) is 11.6 Å². The molecule has 14 nitrogen and oxygen atoms in total. The van der Waals surface area contributed by atoms with Gasteiger partial charge in [-0.3, -0.25) is 19.4 Å². The number of aromatic amines is 1. The lowest BCUT2D eigenvalue weighted by Gasteiger charge is -2.63. The van der Waals surface area contributed by atoms with Crippen LogP contribution in [0.3, 0.4) is 0 Å². The topological polar surface area (TPSA) is 188 Å². The first-order valence-corrected chi connectivity index (χ1v) is 21.5. The molecule has 0 radical (unpaired) electrons. The predicted molar refractivity (Wildman–Crippen MR) is 225 cm³/mol. The standard InChI is InChI=1S/C43H53N7O7.CH3Cl/c1-6-39(54)21-25-22-42(38(53)57-5,33-27(13-17-49(23-25)24-39)26-11-8-9-12-30(26)45-33)29-19-28-31(20-32(29)56-4)48(3)35-41(28)15-18-50-16-10-14-40(7-2,34(41)50)36(51)43(35,55)37(52)46-47-44;1-2/h8-12,14,19-20,25,34-36,45,51,54-55H,6-7,13,15-18,21-24H2,1-5H3;1H3/t25?,34?,35?,36-,39+,40-,41?,42+,43+;/m1./s1. The minimum Gasteiger partial charge on any atom is -0.496 e. The van der Waals surface area contributed by atoms with Gasteiger partial charge in [0.1, 0.15) is 17.3 Å². The molecule has 3 fully saturated rings. The normalized spacial score (nSPS) is 36.6. The van der Waals surface area contributed by atoms with E-state index in [1.807, 2.05) is 55.2 Å². The highest BCUT2D eigenvalue weighted by atomic mass is 35.5. The molecule has 316 valence electrons. The van der Waals surface area contributed by atoms with Gasteiger partial charge in [0, 0.05) is 95.3 Å². The van der Waals surface area contributed by atoms with Gasteiger partial charge < -0.3 is 34.7 Å². The number of hydrogen-bond acceptors (Lipinski definition) is 10. The number of anilines is 1. The number of rotatable bonds is 6. The van der Waals surface area contributed by atoms with Crippen molar-refractivity contribution in [3.05, 3.63) is 81.4 Å². The highest BCUT2D eigenvalue weighted by molar-refractivity contribution is 6.15. The van der Waals surface area contributed by atoms with Crippen LogP contribution in [-0.2, 0) is 31.6 Å². The minimum atomic E-state index is -2.49. The number of aliphatic hydroxyl groups excluding tert-OH is 1. The summed E-state index contributed by atoms with van der Waals surface area (Å²) in [6.45, 7) is 7.16. The number of carbonyl (C=O) groups is 2. The molecule has 59 heavy (non-hydrogen) atoms. The zero-order chi connectivity index (χ0) is 42.3. The van der Waals surface area contributed by atoms with E-state index in [9.17, 15) is 25.6 Å². The Kier molecular flexibility index (Phi) is 10.4. The Morgan fingerprint density at radius 2 is 1.83 bits per heavy atom. The van der Waals surface area contributed by atoms with Gasteiger partial charge in [0.05, 0.1) is 25.9 Å². The average Bonchev–Trinajstić information content (AvgIpc) is 3.91. The Bertz CT molecular complexity index is 2260. The number of nitrogens with zero attached hydrogens (tertiary/aromatic N) is 6. The quantitative estimate of drug-likeness (QED) is 0.0662. The number of aliphatic hydroxyl groups is 3. The number of amides is 1. The second-order valence-corrected chi connectivity index (χ2v) is 17.6. The van der Waals surface area contributed by atoms with Crippen LogP contribution < -0.4 is 9.64 Å². The summed E-state index contributed by atoms with van der Waals surface area (Å²) in [7, 11) is 4.79. The number of fused-ring (bicyclic) bond motifs is 6. The zero-order valence-corrected chi connectivity index (χ0v) is 35.5. The van der Waals surface area contributed by atoms with Crippen LogP contribution in [0.1, 0.15) is 68.3 Å². The second kappa shape index (κ2) is 14.8. The van der Waals surface area contributed by atoms with Crippen molar-refractivity contribution in [2.45, 2.75) is 92.6 Å². The summed E-state index contributed by atoms with van der Waals surface area (Å²) < 4.78 is 12.2. The van der Waals surface area contributed by atoms with Crippen LogP contribution in [0.4, 0.5) is 5.69 Å². The monoisotopic (exact) mass is 829 g/mol. The van der Waals surface area contributed by atoms with Crippen molar-refractivity contribution in [2.75, 3.05) is 65.3 Å². The maximum Gasteiger partial charge on any atom is 0.322 e. The molecule has 5 aliphatic heterocycles. The number of H-pyrrole nitrogens is 1. The van der Waals surface area contributed by atoms with E-state index in [1.54, 1.807) is 14.2 Å². The number of azide groups is 1. The van der Waals surface area contributed by atoms with Crippen molar-refractivity contribution in [1.29, 1.82) is 0 Å². The number of para-hydroxylation sites is 1. The fourth-order valence-electron chi connectivity index (χ4n) is 13.1. The van der Waals surface area contributed by atoms with Crippen molar-refractivity contribution in [1.82, 2.24) is 14.8 Å². The molecular formula is C44H56ClN7O7. The van der Waals surface area contributed by atoms with Gasteiger partial charge in [0.25, 0.3) is 5.91 Å². The number of methoxy groups -OCH3 is 2. The van der Waals surface area contributed by atoms with E-state index in [2.05, 4.69) is 48.5 Å². The number of aromatic nitrogens is 1. The lowest BCUT2D eigenvalue weighted by Crippen LogP contribution is -2.80. The maximum atomic E-state index is 15.2. The Labute approximate surface area is 349 Å². The summed E-state index contributed by atoms with van der Waals surface area (Å²) in [5.41, 5.74) is 7.34. The predicted octanol–water partition coefficient (Wildman–Crippen LogP) is 4.94. The van der Waals surface area contributed by atoms with Gasteiger partial charge in [0.2, 0.25) is 0 Å². The number of likely N-dealkylation sites (N-methyl/N-ethyl adjacent to an activating group) is 1. The van der Waals surface area contributed by atoms with Crippen LogP contribution >= 0.6 is 11.6 Å². The number of alkyl halides is 1. The Balaban J connectivity index is 0.00000238. The smallest absolute Gasteiger partial charge is 0.322 e. The van der Waals surface area contributed by atoms with E-state index in [1.165, 1.54) is 13.5 Å². The van der Waals surface area contributed by atoms with Gasteiger partial charge in [-0.1, -0.05) is 44.2 Å². The average molecular weight is 830 g/mol. The molecule has 2 aromatic carbocycles. The molecule has 1 saturated carbocycles. The summed E-state index contributed by atoms with van der Waals surface area (Å²) in [4.78, 5) is 42.4. The molecule has 1 aliphatic carbocycles. The highest BCUT2D eigenvalue weighted by Crippen LogP contribution is 2.67. The summed E-state index contributed by atoms with van der Waals surface area (Å²) in [5, 5.41) is 41.7. The van der Waals surface area contributed by atoms with Crippen LogP contribution in [-0.4, -0.2) is 132 Å². The van der Waals surface area contributed by atoms with Gasteiger partial charge in [-0.05, 0) is 84.9 Å². The highest BCUT2D eigenvalue weighted by Gasteiger charge is 2.78. The third kappa shape index (κ3) is 5.46. The molecule has 1 spiro atoms. The lowest BCUT2D eigenvalue weighted by molar-refractivity contribution is -0.201. The van der Waals surface area contributed by atoms with Crippen LogP contribution in [0, 0.1) is 11.3 Å². The molecule has 9 rings (SSSR count). The number of benzene rings is 2. The van der Waals surface area contributed by atoms with Crippen molar-refractivity contribution in [3.8, 4) is 5.75 Å². The molecule has 6 heterocycles. The SMILES string of the molecule is CC[C@]1(O)CC2CN(CCc3c([nH]c4ccccc34)[C@@](C(=O)OC)(c3cc4c(cc3OC)N(C)C3C45CCN4CC=C[C@](CC)(C45)[C@@H](O)[C@]3(O)C(=O)N=[N+]=[N-])C2)C1.CCl. The molecular weight excluding hydrogens is 774 g/mol. The molecule has 2 saturated heterocycles. The van der Waals surface area contributed by atoms with Gasteiger partial charge >= 0.3 is 5.97 Å². The van der Waals surface area contributed by atoms with Gasteiger partial charge in [-0.25, -0.2) is 0 Å². The van der Waals surface area contributed by atoms with E-state index in [0.29, 0.717) is 88.2 Å². The first-order chi connectivity index (χ1) is 28.3. The van der Waals surface area contributed by atoms with Crippen molar-refractivity contribution in [2.24, 2.45) is 16.4 Å². The molecule has 5 unspecified atom stereocenters. The fraction of sp³-hybridized carbons (Fsp3) is 0.591. The Morgan fingerprint density at radius 3 is 2.53 bits per heavy atom. The summed E-state index contributed by atoms with van der Waals surface area (Å²) in [5.74, 6) is -1.28. The van der Waals surface area contributed by atoms with Crippen LogP contribution in [0.25, 0.3) is 21.3 Å². The van der Waals surface area contributed by atoms with E-state index in [4.69, 9.17) is 9.47 Å². The number of nitrogens with one attached hydrogen (secondary N) is 1. The lowest BCUT2D eigenvalue weighted by atomic mass is 9.47. The third-order valence-electron chi connectivity index (χ3n) is 15.3. The maximum absolute atomic E-state index is 15.2. The van der Waals surface area contributed by atoms with Gasteiger partial charge in [0.15, 0.2) is 5.60 Å². The second-order valence-electron chi connectivity index (χ2n) is 17.6. The summed E-state index contributed by atoms with van der Waals surface area (Å²) in [6.07, 6.45) is 6.77. The van der Waals surface area contributed by atoms with Crippen LogP contribution in [0.15, 0.2) is 53.7 Å². The number of esters is 1. The fourth-order valence-corrected chi connectivity index (χ4v) is 13.1. The Hall–Kier alpha value is -4.14. The van der Waals surface area contributed by atoms with E-state index < -0.39 is 51.5 Å². The first kappa shape index (κ1) is 41.6. The number of ether oxygens (including phenoxy) is 2. The van der Waals surface area contributed by atoms with Crippen molar-refractivity contribution >= 4 is 40.1 Å². The number of piperidine rings is 1. The molecule has 2 bridgehead atoms. The largest absolute Gasteiger partial charge is 0.496 e. The third-order valence-corrected chi connectivity index (χ3v) is 15.3. The van der Waals surface area contributed by atoms with E-state index in [0.717, 1.165) is 27.7 Å². The molecule has 4 N–H and O–H groups in total. The zero-order valence-electron chi connectivity index (χ0n) is 34.7. The van der Waals surface area contributed by atoms with Crippen LogP contribution in [0.2, 0.25) is 0 Å². The van der Waals surface area contributed by atoms with Crippen molar-refractivity contribution in [3.63, 3.8) is 0 Å². The number of carbonyl (C=O) groups excluding carboxylic acids is 2. The number of halogens is 1.